The molecule has 1 aromatic heterocycles. The van der Waals surface area contributed by atoms with Gasteiger partial charge in [0.1, 0.15) is 12.0 Å². The Labute approximate surface area is 109 Å². The number of aromatic carboxylic acids is 1. The van der Waals surface area contributed by atoms with Crippen LogP contribution in [0, 0.1) is 0 Å². The molecule has 0 spiro atoms. The lowest BCUT2D eigenvalue weighted by atomic mass is 10.3. The number of benzene rings is 1. The SMILES string of the molecule is O=C(O)c1coc(Oc2ccc(Cl)cc2Br)n1. The van der Waals surface area contributed by atoms with Crippen molar-refractivity contribution < 1.29 is 19.1 Å². The van der Waals surface area contributed by atoms with Crippen LogP contribution in [0.25, 0.3) is 0 Å². The van der Waals surface area contributed by atoms with Crippen LogP contribution >= 0.6 is 27.5 Å². The molecule has 1 aromatic carbocycles. The highest BCUT2D eigenvalue weighted by Crippen LogP contribution is 2.31. The maximum absolute atomic E-state index is 10.6. The van der Waals surface area contributed by atoms with E-state index in [0.29, 0.717) is 15.2 Å². The first-order chi connectivity index (χ1) is 8.06. The molecule has 0 aliphatic carbocycles. The van der Waals surface area contributed by atoms with Gasteiger partial charge in [0.25, 0.3) is 0 Å². The molecule has 1 heterocycles. The summed E-state index contributed by atoms with van der Waals surface area (Å²) in [7, 11) is 0. The van der Waals surface area contributed by atoms with Crippen LogP contribution in [0.4, 0.5) is 0 Å². The summed E-state index contributed by atoms with van der Waals surface area (Å²) >= 11 is 9.01. The first-order valence-electron chi connectivity index (χ1n) is 4.38. The Morgan fingerprint density at radius 3 is 2.88 bits per heavy atom. The highest BCUT2D eigenvalue weighted by molar-refractivity contribution is 9.10. The second kappa shape index (κ2) is 4.77. The van der Waals surface area contributed by atoms with Crippen LogP contribution in [0.3, 0.4) is 0 Å². The van der Waals surface area contributed by atoms with Crippen LogP contribution in [0.1, 0.15) is 10.5 Å². The van der Waals surface area contributed by atoms with Crippen LogP contribution in [0.2, 0.25) is 5.02 Å². The van der Waals surface area contributed by atoms with E-state index in [1.807, 2.05) is 0 Å². The van der Waals surface area contributed by atoms with E-state index >= 15 is 0 Å². The van der Waals surface area contributed by atoms with Gasteiger partial charge in [-0.2, -0.15) is 4.98 Å². The lowest BCUT2D eigenvalue weighted by Gasteiger charge is -2.03. The number of hydrogen-bond acceptors (Lipinski definition) is 4. The number of nitrogens with zero attached hydrogens (tertiary/aromatic N) is 1. The molecule has 0 saturated heterocycles. The quantitative estimate of drug-likeness (QED) is 0.936. The maximum Gasteiger partial charge on any atom is 0.399 e. The Hall–Kier alpha value is -1.53. The zero-order chi connectivity index (χ0) is 12.4. The topological polar surface area (TPSA) is 72.6 Å². The molecule has 2 aromatic rings. The largest absolute Gasteiger partial charge is 0.476 e. The monoisotopic (exact) mass is 317 g/mol. The molecule has 0 amide bonds. The minimum Gasteiger partial charge on any atom is -0.476 e. The molecular formula is C10H5BrClNO4. The first kappa shape index (κ1) is 11.9. The van der Waals surface area contributed by atoms with E-state index < -0.39 is 5.97 Å². The highest BCUT2D eigenvalue weighted by atomic mass is 79.9. The molecule has 0 saturated carbocycles. The smallest absolute Gasteiger partial charge is 0.399 e. The normalized spacial score (nSPS) is 10.2. The molecule has 0 bridgehead atoms. The van der Waals surface area contributed by atoms with E-state index in [2.05, 4.69) is 20.9 Å². The van der Waals surface area contributed by atoms with Gasteiger partial charge in [0.2, 0.25) is 0 Å². The molecule has 5 nitrogen and oxygen atoms in total. The lowest BCUT2D eigenvalue weighted by molar-refractivity contribution is 0.0690. The van der Waals surface area contributed by atoms with Gasteiger partial charge in [0, 0.05) is 5.02 Å². The zero-order valence-electron chi connectivity index (χ0n) is 8.18. The van der Waals surface area contributed by atoms with Crippen LogP contribution in [-0.2, 0) is 0 Å². The van der Waals surface area contributed by atoms with Crippen LogP contribution in [0.5, 0.6) is 11.8 Å². The van der Waals surface area contributed by atoms with Gasteiger partial charge in [-0.15, -0.1) is 0 Å². The van der Waals surface area contributed by atoms with Crippen molar-refractivity contribution >= 4 is 33.5 Å². The number of ether oxygens (including phenoxy) is 1. The summed E-state index contributed by atoms with van der Waals surface area (Å²) in [6.07, 6.45) is 0.854. The lowest BCUT2D eigenvalue weighted by Crippen LogP contribution is -1.95. The summed E-state index contributed by atoms with van der Waals surface area (Å²) in [5.74, 6) is -0.757. The van der Waals surface area contributed by atoms with Crippen molar-refractivity contribution in [1.29, 1.82) is 0 Å². The summed E-state index contributed by atoms with van der Waals surface area (Å²) in [6, 6.07) is 4.87. The van der Waals surface area contributed by atoms with E-state index in [-0.39, 0.29) is 11.8 Å². The van der Waals surface area contributed by atoms with E-state index in [1.54, 1.807) is 18.2 Å². The number of rotatable bonds is 3. The number of halogens is 2. The molecule has 0 aliphatic rings. The van der Waals surface area contributed by atoms with Crippen molar-refractivity contribution in [2.45, 2.75) is 0 Å². The summed E-state index contributed by atoms with van der Waals surface area (Å²) in [4.78, 5) is 14.2. The number of carboxylic acids is 1. The molecular weight excluding hydrogens is 313 g/mol. The molecule has 17 heavy (non-hydrogen) atoms. The fourth-order valence-electron chi connectivity index (χ4n) is 1.05. The van der Waals surface area contributed by atoms with Gasteiger partial charge in [-0.25, -0.2) is 4.79 Å². The minimum atomic E-state index is -1.18. The van der Waals surface area contributed by atoms with Crippen molar-refractivity contribution in [3.63, 3.8) is 0 Å². The first-order valence-corrected chi connectivity index (χ1v) is 5.55. The predicted octanol–water partition coefficient (Wildman–Crippen LogP) is 3.58. The van der Waals surface area contributed by atoms with Gasteiger partial charge in [-0.05, 0) is 34.1 Å². The molecule has 7 heteroatoms. The number of aromatic nitrogens is 1. The highest BCUT2D eigenvalue weighted by Gasteiger charge is 2.13. The third-order valence-corrected chi connectivity index (χ3v) is 2.65. The number of hydrogen-bond donors (Lipinski definition) is 1. The number of oxazole rings is 1. The average Bonchev–Trinajstić information content (AvgIpc) is 2.71. The van der Waals surface area contributed by atoms with Gasteiger partial charge in [-0.3, -0.25) is 0 Å². The summed E-state index contributed by atoms with van der Waals surface area (Å²) in [5, 5.41) is 9.19. The predicted molar refractivity (Wildman–Crippen MR) is 62.7 cm³/mol. The Morgan fingerprint density at radius 1 is 1.53 bits per heavy atom. The van der Waals surface area contributed by atoms with E-state index in [9.17, 15) is 4.79 Å². The van der Waals surface area contributed by atoms with Gasteiger partial charge >= 0.3 is 12.0 Å². The molecule has 2 rings (SSSR count). The fourth-order valence-corrected chi connectivity index (χ4v) is 1.82. The second-order valence-corrected chi connectivity index (χ2v) is 4.27. The molecule has 0 fully saturated rings. The number of carbonyl (C=O) groups is 1. The molecule has 0 atom stereocenters. The van der Waals surface area contributed by atoms with Gasteiger partial charge in [0.15, 0.2) is 5.69 Å². The molecule has 1 N–H and O–H groups in total. The summed E-state index contributed by atoms with van der Waals surface area (Å²) < 4.78 is 10.7. The van der Waals surface area contributed by atoms with Gasteiger partial charge < -0.3 is 14.3 Å². The Kier molecular flexibility index (Phi) is 3.35. The Morgan fingerprint density at radius 2 is 2.29 bits per heavy atom. The second-order valence-electron chi connectivity index (χ2n) is 2.98. The molecule has 0 aliphatic heterocycles. The third-order valence-electron chi connectivity index (χ3n) is 1.79. The Balaban J connectivity index is 2.22. The van der Waals surface area contributed by atoms with E-state index in [0.717, 1.165) is 6.26 Å². The van der Waals surface area contributed by atoms with Crippen molar-refractivity contribution in [3.05, 3.63) is 39.7 Å². The molecule has 0 radical (unpaired) electrons. The van der Waals surface area contributed by atoms with Gasteiger partial charge in [-0.1, -0.05) is 11.6 Å². The van der Waals surface area contributed by atoms with Crippen molar-refractivity contribution in [3.8, 4) is 11.8 Å². The summed E-state index contributed by atoms with van der Waals surface area (Å²) in [5.41, 5.74) is -0.218. The fraction of sp³-hybridized carbons (Fsp3) is 0. The summed E-state index contributed by atoms with van der Waals surface area (Å²) in [6.45, 7) is 0. The van der Waals surface area contributed by atoms with Crippen LogP contribution in [0.15, 0.2) is 33.4 Å². The molecule has 88 valence electrons. The average molecular weight is 319 g/mol. The van der Waals surface area contributed by atoms with Gasteiger partial charge in [0.05, 0.1) is 4.47 Å². The van der Waals surface area contributed by atoms with Crippen LogP contribution in [-0.4, -0.2) is 16.1 Å². The van der Waals surface area contributed by atoms with Crippen LogP contribution < -0.4 is 4.74 Å². The van der Waals surface area contributed by atoms with Crippen molar-refractivity contribution in [2.75, 3.05) is 0 Å². The van der Waals surface area contributed by atoms with E-state index in [4.69, 9.17) is 25.9 Å². The van der Waals surface area contributed by atoms with Crippen molar-refractivity contribution in [2.24, 2.45) is 0 Å². The van der Waals surface area contributed by atoms with E-state index in [1.165, 1.54) is 0 Å². The minimum absolute atomic E-state index is 0.148. The Bertz CT molecular complexity index is 569. The zero-order valence-corrected chi connectivity index (χ0v) is 10.5. The number of carboxylic acid groups (broad SMARTS) is 1. The standard InChI is InChI=1S/C10H5BrClNO4/c11-6-3-5(12)1-2-8(6)17-10-13-7(4-16-10)9(14)15/h1-4H,(H,14,15). The third kappa shape index (κ3) is 2.78. The van der Waals surface area contributed by atoms with Crippen molar-refractivity contribution in [1.82, 2.24) is 4.98 Å². The molecule has 0 unspecified atom stereocenters. The maximum atomic E-state index is 10.6.